The maximum atomic E-state index is 9.40. The number of rotatable bonds is 6. The van der Waals surface area contributed by atoms with Crippen molar-refractivity contribution in [3.8, 4) is 17.6 Å². The lowest BCUT2D eigenvalue weighted by molar-refractivity contribution is 0.294. The second-order valence-corrected chi connectivity index (χ2v) is 5.37. The van der Waals surface area contributed by atoms with Gasteiger partial charge in [-0.1, -0.05) is 36.7 Å². The van der Waals surface area contributed by atoms with Gasteiger partial charge in [0.25, 0.3) is 0 Å². The molecule has 2 rings (SSSR count). The van der Waals surface area contributed by atoms with E-state index in [1.165, 1.54) is 0 Å². The zero-order valence-corrected chi connectivity index (χ0v) is 13.9. The topological polar surface area (TPSA) is 42.2 Å². The van der Waals surface area contributed by atoms with Gasteiger partial charge in [-0.05, 0) is 47.9 Å². The molecular formula is C19H18ClNO2. The van der Waals surface area contributed by atoms with Gasteiger partial charge < -0.3 is 9.47 Å². The molecule has 0 saturated heterocycles. The molecule has 0 radical (unpaired) electrons. The number of nitrogens with zero attached hydrogens (tertiary/aromatic N) is 1. The molecular weight excluding hydrogens is 310 g/mol. The van der Waals surface area contributed by atoms with Crippen LogP contribution in [0.4, 0.5) is 0 Å². The summed E-state index contributed by atoms with van der Waals surface area (Å²) in [5, 5.41) is 10.0. The van der Waals surface area contributed by atoms with E-state index in [1.54, 1.807) is 19.2 Å². The first-order valence-corrected chi connectivity index (χ1v) is 7.74. The summed E-state index contributed by atoms with van der Waals surface area (Å²) in [6.45, 7) is 2.69. The van der Waals surface area contributed by atoms with Crippen LogP contribution in [0.1, 0.15) is 24.5 Å². The van der Waals surface area contributed by atoms with Gasteiger partial charge in [0.1, 0.15) is 0 Å². The van der Waals surface area contributed by atoms with Crippen molar-refractivity contribution >= 4 is 23.3 Å². The van der Waals surface area contributed by atoms with E-state index in [4.69, 9.17) is 21.1 Å². The van der Waals surface area contributed by atoms with Crippen LogP contribution in [0.2, 0.25) is 5.02 Å². The van der Waals surface area contributed by atoms with Crippen molar-refractivity contribution in [1.82, 2.24) is 0 Å². The van der Waals surface area contributed by atoms with Gasteiger partial charge in [-0.3, -0.25) is 0 Å². The van der Waals surface area contributed by atoms with E-state index in [9.17, 15) is 5.26 Å². The number of allylic oxidation sites excluding steroid dienone is 1. The van der Waals surface area contributed by atoms with Crippen molar-refractivity contribution in [2.75, 3.05) is 13.7 Å². The van der Waals surface area contributed by atoms with Crippen LogP contribution in [0.3, 0.4) is 0 Å². The zero-order chi connectivity index (χ0) is 16.7. The molecule has 0 amide bonds. The Bertz CT molecular complexity index is 730. The second kappa shape index (κ2) is 8.26. The van der Waals surface area contributed by atoms with Crippen molar-refractivity contribution in [2.24, 2.45) is 0 Å². The van der Waals surface area contributed by atoms with Gasteiger partial charge in [-0.2, -0.15) is 5.26 Å². The number of nitriles is 1. The summed E-state index contributed by atoms with van der Waals surface area (Å²) in [4.78, 5) is 0. The highest BCUT2D eigenvalue weighted by molar-refractivity contribution is 6.30. The third-order valence-corrected chi connectivity index (χ3v) is 3.49. The summed E-state index contributed by atoms with van der Waals surface area (Å²) in [6, 6.07) is 15.0. The highest BCUT2D eigenvalue weighted by Crippen LogP contribution is 2.30. The molecule has 0 aliphatic heterocycles. The Labute approximate surface area is 141 Å². The Balaban J connectivity index is 2.33. The lowest BCUT2D eigenvalue weighted by Gasteiger charge is -2.10. The molecule has 0 bridgehead atoms. The molecule has 3 nitrogen and oxygen atoms in total. The highest BCUT2D eigenvalue weighted by Gasteiger charge is 2.06. The first-order valence-electron chi connectivity index (χ1n) is 7.36. The molecule has 2 aromatic rings. The van der Waals surface area contributed by atoms with E-state index in [0.717, 1.165) is 17.5 Å². The molecule has 0 aromatic heterocycles. The summed E-state index contributed by atoms with van der Waals surface area (Å²) < 4.78 is 11.0. The molecule has 0 aliphatic rings. The van der Waals surface area contributed by atoms with Gasteiger partial charge in [0.2, 0.25) is 0 Å². The van der Waals surface area contributed by atoms with Crippen LogP contribution >= 0.6 is 11.6 Å². The van der Waals surface area contributed by atoms with Crippen molar-refractivity contribution in [1.29, 1.82) is 5.26 Å². The van der Waals surface area contributed by atoms with Crippen molar-refractivity contribution < 1.29 is 9.47 Å². The van der Waals surface area contributed by atoms with Crippen LogP contribution in [0.15, 0.2) is 42.5 Å². The van der Waals surface area contributed by atoms with E-state index in [-0.39, 0.29) is 0 Å². The Morgan fingerprint density at radius 1 is 1.17 bits per heavy atom. The number of benzene rings is 2. The molecule has 0 fully saturated rings. The molecule has 0 N–H and O–H groups in total. The summed E-state index contributed by atoms with van der Waals surface area (Å²) in [5.41, 5.74) is 2.25. The van der Waals surface area contributed by atoms with Gasteiger partial charge in [0, 0.05) is 5.02 Å². The molecule has 23 heavy (non-hydrogen) atoms. The molecule has 0 aliphatic carbocycles. The first-order chi connectivity index (χ1) is 11.2. The van der Waals surface area contributed by atoms with Crippen molar-refractivity contribution in [2.45, 2.75) is 13.3 Å². The standard InChI is InChI=1S/C19H18ClNO2/c1-3-10-23-18-9-4-14(12-19(18)22-2)11-16(13-21)15-5-7-17(20)8-6-15/h4-9,11-12H,3,10H2,1-2H3. The minimum atomic E-state index is 0.561. The van der Waals surface area contributed by atoms with Gasteiger partial charge in [-0.25, -0.2) is 0 Å². The van der Waals surface area contributed by atoms with Crippen LogP contribution in [-0.4, -0.2) is 13.7 Å². The van der Waals surface area contributed by atoms with E-state index >= 15 is 0 Å². The number of halogens is 1. The maximum absolute atomic E-state index is 9.40. The fourth-order valence-electron chi connectivity index (χ4n) is 2.08. The van der Waals surface area contributed by atoms with E-state index < -0.39 is 0 Å². The second-order valence-electron chi connectivity index (χ2n) is 4.94. The average molecular weight is 328 g/mol. The quantitative estimate of drug-likeness (QED) is 0.541. The Kier molecular flexibility index (Phi) is 6.08. The minimum absolute atomic E-state index is 0.561. The lowest BCUT2D eigenvalue weighted by Crippen LogP contribution is -1.97. The van der Waals surface area contributed by atoms with E-state index in [2.05, 4.69) is 13.0 Å². The van der Waals surface area contributed by atoms with Crippen LogP contribution in [0, 0.1) is 11.3 Å². The Hall–Kier alpha value is -2.44. The van der Waals surface area contributed by atoms with Crippen LogP contribution in [0.25, 0.3) is 11.6 Å². The Morgan fingerprint density at radius 2 is 1.91 bits per heavy atom. The SMILES string of the molecule is CCCOc1ccc(C=C(C#N)c2ccc(Cl)cc2)cc1OC. The molecule has 0 saturated carbocycles. The molecule has 0 atom stereocenters. The lowest BCUT2D eigenvalue weighted by atomic mass is 10.0. The third-order valence-electron chi connectivity index (χ3n) is 3.24. The van der Waals surface area contributed by atoms with Crippen LogP contribution < -0.4 is 9.47 Å². The minimum Gasteiger partial charge on any atom is -0.493 e. The highest BCUT2D eigenvalue weighted by atomic mass is 35.5. The average Bonchev–Trinajstić information content (AvgIpc) is 2.59. The van der Waals surface area contributed by atoms with Gasteiger partial charge in [0.05, 0.1) is 25.4 Å². The first kappa shape index (κ1) is 16.9. The zero-order valence-electron chi connectivity index (χ0n) is 13.2. The maximum Gasteiger partial charge on any atom is 0.161 e. The number of hydrogen-bond acceptors (Lipinski definition) is 3. The molecule has 2 aromatic carbocycles. The monoisotopic (exact) mass is 327 g/mol. The van der Waals surface area contributed by atoms with E-state index in [0.29, 0.717) is 28.7 Å². The predicted octanol–water partition coefficient (Wildman–Crippen LogP) is 5.20. The van der Waals surface area contributed by atoms with Gasteiger partial charge in [-0.15, -0.1) is 0 Å². The van der Waals surface area contributed by atoms with Gasteiger partial charge in [0.15, 0.2) is 11.5 Å². The summed E-state index contributed by atoms with van der Waals surface area (Å²) in [6.07, 6.45) is 2.75. The molecule has 0 heterocycles. The Morgan fingerprint density at radius 3 is 2.52 bits per heavy atom. The number of hydrogen-bond donors (Lipinski definition) is 0. The fourth-order valence-corrected chi connectivity index (χ4v) is 2.21. The van der Waals surface area contributed by atoms with Crippen molar-refractivity contribution in [3.05, 3.63) is 58.6 Å². The number of ether oxygens (including phenoxy) is 2. The predicted molar refractivity (Wildman–Crippen MR) is 93.7 cm³/mol. The van der Waals surface area contributed by atoms with Crippen LogP contribution in [0.5, 0.6) is 11.5 Å². The third kappa shape index (κ3) is 4.51. The molecule has 0 unspecified atom stereocenters. The normalized spacial score (nSPS) is 11.0. The smallest absolute Gasteiger partial charge is 0.161 e. The molecule has 118 valence electrons. The summed E-state index contributed by atoms with van der Waals surface area (Å²) in [7, 11) is 1.60. The van der Waals surface area contributed by atoms with Crippen LogP contribution in [-0.2, 0) is 0 Å². The molecule has 4 heteroatoms. The number of methoxy groups -OCH3 is 1. The van der Waals surface area contributed by atoms with Gasteiger partial charge >= 0.3 is 0 Å². The van der Waals surface area contributed by atoms with E-state index in [1.807, 2.05) is 36.4 Å². The summed E-state index contributed by atoms with van der Waals surface area (Å²) >= 11 is 5.89. The fraction of sp³-hybridized carbons (Fsp3) is 0.211. The largest absolute Gasteiger partial charge is 0.493 e. The molecule has 0 spiro atoms. The summed E-state index contributed by atoms with van der Waals surface area (Å²) in [5.74, 6) is 1.36. The van der Waals surface area contributed by atoms with Crippen molar-refractivity contribution in [3.63, 3.8) is 0 Å².